The van der Waals surface area contributed by atoms with Crippen LogP contribution in [0.25, 0.3) is 0 Å². The van der Waals surface area contributed by atoms with E-state index in [1.807, 2.05) is 7.05 Å². The number of hydrogen-bond acceptors (Lipinski definition) is 3. The van der Waals surface area contributed by atoms with E-state index in [2.05, 4.69) is 4.90 Å². The van der Waals surface area contributed by atoms with E-state index < -0.39 is 11.7 Å². The van der Waals surface area contributed by atoms with Crippen LogP contribution < -0.4 is 0 Å². The molecule has 2 aliphatic rings. The third kappa shape index (κ3) is 3.40. The molecule has 3 rings (SSSR count). The molecule has 0 unspecified atom stereocenters. The highest BCUT2D eigenvalue weighted by Crippen LogP contribution is 2.41. The molecular formula is C18H23F3N2O2. The number of aliphatic hydroxyl groups is 1. The second kappa shape index (κ2) is 6.61. The molecule has 0 aromatic heterocycles. The third-order valence-electron chi connectivity index (χ3n) is 5.76. The van der Waals surface area contributed by atoms with Gasteiger partial charge in [-0.2, -0.15) is 13.2 Å². The van der Waals surface area contributed by atoms with Crippen molar-refractivity contribution in [3.8, 4) is 0 Å². The molecule has 25 heavy (non-hydrogen) atoms. The number of likely N-dealkylation sites (N-methyl/N-ethyl adjacent to an activating group) is 1. The molecule has 2 fully saturated rings. The zero-order chi connectivity index (χ0) is 18.2. The van der Waals surface area contributed by atoms with Crippen LogP contribution in [0.2, 0.25) is 0 Å². The van der Waals surface area contributed by atoms with Crippen LogP contribution in [-0.2, 0) is 6.18 Å². The van der Waals surface area contributed by atoms with Gasteiger partial charge >= 0.3 is 6.18 Å². The van der Waals surface area contributed by atoms with Crippen molar-refractivity contribution in [3.05, 3.63) is 35.4 Å². The van der Waals surface area contributed by atoms with Crippen LogP contribution in [0.15, 0.2) is 24.3 Å². The second-order valence-corrected chi connectivity index (χ2v) is 7.20. The highest BCUT2D eigenvalue weighted by atomic mass is 19.4. The quantitative estimate of drug-likeness (QED) is 0.886. The van der Waals surface area contributed by atoms with Crippen molar-refractivity contribution in [1.29, 1.82) is 0 Å². The molecule has 2 saturated heterocycles. The number of halogens is 3. The Morgan fingerprint density at radius 1 is 1.24 bits per heavy atom. The number of hydrogen-bond donors (Lipinski definition) is 1. The van der Waals surface area contributed by atoms with Crippen LogP contribution >= 0.6 is 0 Å². The molecule has 7 heteroatoms. The van der Waals surface area contributed by atoms with E-state index in [1.165, 1.54) is 12.1 Å². The fraction of sp³-hybridized carbons (Fsp3) is 0.611. The molecule has 0 bridgehead atoms. The summed E-state index contributed by atoms with van der Waals surface area (Å²) in [6, 6.07) is 4.45. The average molecular weight is 356 g/mol. The summed E-state index contributed by atoms with van der Waals surface area (Å²) in [5.74, 6) is -0.251. The lowest BCUT2D eigenvalue weighted by Crippen LogP contribution is -2.62. The maximum absolute atomic E-state index is 12.7. The van der Waals surface area contributed by atoms with Crippen molar-refractivity contribution < 1.29 is 23.1 Å². The van der Waals surface area contributed by atoms with Crippen LogP contribution in [-0.4, -0.2) is 60.1 Å². The number of amides is 1. The van der Waals surface area contributed by atoms with Gasteiger partial charge in [0.15, 0.2) is 0 Å². The summed E-state index contributed by atoms with van der Waals surface area (Å²) >= 11 is 0. The van der Waals surface area contributed by atoms with E-state index in [4.69, 9.17) is 0 Å². The number of piperidine rings is 2. The number of nitrogens with zero attached hydrogens (tertiary/aromatic N) is 2. The molecule has 1 N–H and O–H groups in total. The number of benzene rings is 1. The van der Waals surface area contributed by atoms with Gasteiger partial charge in [-0.3, -0.25) is 4.79 Å². The van der Waals surface area contributed by atoms with Crippen molar-refractivity contribution in [2.75, 3.05) is 33.3 Å². The Kier molecular flexibility index (Phi) is 4.81. The summed E-state index contributed by atoms with van der Waals surface area (Å²) in [5, 5.41) is 9.91. The Bertz CT molecular complexity index is 632. The van der Waals surface area contributed by atoms with E-state index in [9.17, 15) is 23.1 Å². The van der Waals surface area contributed by atoms with Crippen LogP contribution in [0.1, 0.15) is 35.2 Å². The van der Waals surface area contributed by atoms with E-state index >= 15 is 0 Å². The first-order chi connectivity index (χ1) is 11.8. The molecule has 4 nitrogen and oxygen atoms in total. The molecule has 0 radical (unpaired) electrons. The topological polar surface area (TPSA) is 43.8 Å². The molecule has 2 heterocycles. The standard InChI is InChI=1S/C18H23F3N2O2/c1-22-9-2-7-17(12-24)8-10-23(11-15(17)22)16(25)13-3-5-14(6-4-13)18(19,20)21/h3-6,15,24H,2,7-12H2,1H3/t15-,17-/m1/s1. The van der Waals surface area contributed by atoms with Gasteiger partial charge in [0.25, 0.3) is 5.91 Å². The van der Waals surface area contributed by atoms with Crippen molar-refractivity contribution in [1.82, 2.24) is 9.80 Å². The Morgan fingerprint density at radius 3 is 2.52 bits per heavy atom. The Balaban J connectivity index is 1.75. The zero-order valence-corrected chi connectivity index (χ0v) is 14.2. The summed E-state index contributed by atoms with van der Waals surface area (Å²) in [7, 11) is 2.00. The lowest BCUT2D eigenvalue weighted by Gasteiger charge is -2.53. The third-order valence-corrected chi connectivity index (χ3v) is 5.76. The van der Waals surface area contributed by atoms with Gasteiger partial charge < -0.3 is 14.9 Å². The van der Waals surface area contributed by atoms with Gasteiger partial charge in [0.2, 0.25) is 0 Å². The number of carbonyl (C=O) groups excluding carboxylic acids is 1. The Hall–Kier alpha value is -1.60. The summed E-state index contributed by atoms with van der Waals surface area (Å²) in [6.45, 7) is 2.04. The number of aliphatic hydroxyl groups excluding tert-OH is 1. The minimum atomic E-state index is -4.40. The summed E-state index contributed by atoms with van der Waals surface area (Å²) in [6.07, 6.45) is -1.72. The monoisotopic (exact) mass is 356 g/mol. The number of rotatable bonds is 2. The van der Waals surface area contributed by atoms with Crippen molar-refractivity contribution in [2.24, 2.45) is 5.41 Å². The van der Waals surface area contributed by atoms with Crippen molar-refractivity contribution >= 4 is 5.91 Å². The Labute approximate surface area is 145 Å². The summed E-state index contributed by atoms with van der Waals surface area (Å²) in [4.78, 5) is 16.6. The molecule has 2 atom stereocenters. The average Bonchev–Trinajstić information content (AvgIpc) is 2.60. The lowest BCUT2D eigenvalue weighted by atomic mass is 9.69. The van der Waals surface area contributed by atoms with Gasteiger partial charge in [0, 0.05) is 30.1 Å². The fourth-order valence-electron chi connectivity index (χ4n) is 4.19. The number of fused-ring (bicyclic) bond motifs is 1. The number of likely N-dealkylation sites (tertiary alicyclic amines) is 2. The molecule has 2 aliphatic heterocycles. The maximum Gasteiger partial charge on any atom is 0.416 e. The SMILES string of the molecule is CN1CCC[C@]2(CO)CCN(C(=O)c3ccc(C(F)(F)F)cc3)C[C@@H]12. The predicted octanol–water partition coefficient (Wildman–Crippen LogP) is 2.62. The number of carbonyl (C=O) groups is 1. The predicted molar refractivity (Wildman–Crippen MR) is 87.1 cm³/mol. The van der Waals surface area contributed by atoms with Crippen molar-refractivity contribution in [2.45, 2.75) is 31.5 Å². The van der Waals surface area contributed by atoms with Crippen LogP contribution in [0.5, 0.6) is 0 Å². The minimum Gasteiger partial charge on any atom is -0.396 e. The van der Waals surface area contributed by atoms with E-state index in [1.54, 1.807) is 4.90 Å². The van der Waals surface area contributed by atoms with Gasteiger partial charge in [-0.1, -0.05) is 0 Å². The molecule has 138 valence electrons. The normalized spacial score (nSPS) is 27.9. The van der Waals surface area contributed by atoms with Gasteiger partial charge in [-0.05, 0) is 57.1 Å². The molecule has 0 spiro atoms. The first-order valence-corrected chi connectivity index (χ1v) is 8.54. The molecule has 1 aromatic carbocycles. The van der Waals surface area contributed by atoms with Gasteiger partial charge in [0.05, 0.1) is 12.2 Å². The van der Waals surface area contributed by atoms with E-state index in [0.717, 1.165) is 31.5 Å². The molecule has 0 saturated carbocycles. The summed E-state index contributed by atoms with van der Waals surface area (Å²) in [5.41, 5.74) is -0.666. The van der Waals surface area contributed by atoms with Crippen LogP contribution in [0, 0.1) is 5.41 Å². The molecule has 1 aromatic rings. The van der Waals surface area contributed by atoms with Gasteiger partial charge in [-0.15, -0.1) is 0 Å². The molecule has 0 aliphatic carbocycles. The maximum atomic E-state index is 12.7. The van der Waals surface area contributed by atoms with Crippen LogP contribution in [0.3, 0.4) is 0 Å². The minimum absolute atomic E-state index is 0.0819. The summed E-state index contributed by atoms with van der Waals surface area (Å²) < 4.78 is 38.0. The van der Waals surface area contributed by atoms with E-state index in [-0.39, 0.29) is 29.5 Å². The van der Waals surface area contributed by atoms with Crippen molar-refractivity contribution in [3.63, 3.8) is 0 Å². The second-order valence-electron chi connectivity index (χ2n) is 7.20. The largest absolute Gasteiger partial charge is 0.416 e. The first kappa shape index (κ1) is 18.2. The van der Waals surface area contributed by atoms with Gasteiger partial charge in [-0.25, -0.2) is 0 Å². The lowest BCUT2D eigenvalue weighted by molar-refractivity contribution is -0.137. The zero-order valence-electron chi connectivity index (χ0n) is 14.2. The smallest absolute Gasteiger partial charge is 0.396 e. The Morgan fingerprint density at radius 2 is 1.92 bits per heavy atom. The fourth-order valence-corrected chi connectivity index (χ4v) is 4.19. The van der Waals surface area contributed by atoms with Crippen LogP contribution in [0.4, 0.5) is 13.2 Å². The molecular weight excluding hydrogens is 333 g/mol. The first-order valence-electron chi connectivity index (χ1n) is 8.54. The van der Waals surface area contributed by atoms with Gasteiger partial charge in [0.1, 0.15) is 0 Å². The van der Waals surface area contributed by atoms with E-state index in [0.29, 0.717) is 19.5 Å². The highest BCUT2D eigenvalue weighted by molar-refractivity contribution is 5.94. The highest BCUT2D eigenvalue weighted by Gasteiger charge is 2.47. The number of alkyl halides is 3. The molecule has 1 amide bonds.